The molecule has 0 unspecified atom stereocenters. The number of hydrogen-bond donors (Lipinski definition) is 0. The lowest BCUT2D eigenvalue weighted by atomic mass is 10.1. The highest BCUT2D eigenvalue weighted by atomic mass is 32.1. The average molecular weight is 300 g/mol. The SMILES string of the molecule is COc1cc(/C=C(/C#N)c2nc(C)cs2)cc2c1OCO2. The van der Waals surface area contributed by atoms with Gasteiger partial charge >= 0.3 is 0 Å². The molecule has 106 valence electrons. The molecule has 0 saturated heterocycles. The van der Waals surface area contributed by atoms with Crippen LogP contribution >= 0.6 is 11.3 Å². The second kappa shape index (κ2) is 5.46. The molecule has 1 aliphatic rings. The molecule has 0 aliphatic carbocycles. The Labute approximate surface area is 126 Å². The van der Waals surface area contributed by atoms with Gasteiger partial charge in [-0.25, -0.2) is 4.98 Å². The standard InChI is InChI=1S/C15H12N2O3S/c1-9-7-21-15(17-9)11(6-16)3-10-4-12(18-2)14-13(5-10)19-8-20-14/h3-5,7H,8H2,1-2H3/b11-3-. The van der Waals surface area contributed by atoms with Gasteiger partial charge in [-0.15, -0.1) is 11.3 Å². The number of fused-ring (bicyclic) bond motifs is 1. The van der Waals surface area contributed by atoms with E-state index in [1.165, 1.54) is 11.3 Å². The van der Waals surface area contributed by atoms with Gasteiger partial charge in [-0.05, 0) is 30.7 Å². The molecule has 21 heavy (non-hydrogen) atoms. The lowest BCUT2D eigenvalue weighted by molar-refractivity contribution is 0.171. The van der Waals surface area contributed by atoms with Crippen LogP contribution < -0.4 is 14.2 Å². The fraction of sp³-hybridized carbons (Fsp3) is 0.200. The Kier molecular flexibility index (Phi) is 3.50. The average Bonchev–Trinajstić information content (AvgIpc) is 3.12. The van der Waals surface area contributed by atoms with Gasteiger partial charge in [0.1, 0.15) is 11.1 Å². The molecular formula is C15H12N2O3S. The van der Waals surface area contributed by atoms with E-state index in [9.17, 15) is 5.26 Å². The van der Waals surface area contributed by atoms with E-state index in [1.807, 2.05) is 24.4 Å². The van der Waals surface area contributed by atoms with Crippen LogP contribution in [0.15, 0.2) is 17.5 Å². The summed E-state index contributed by atoms with van der Waals surface area (Å²) < 4.78 is 16.0. The molecule has 0 spiro atoms. The molecule has 5 nitrogen and oxygen atoms in total. The van der Waals surface area contributed by atoms with Crippen molar-refractivity contribution in [2.45, 2.75) is 6.92 Å². The maximum absolute atomic E-state index is 9.33. The van der Waals surface area contributed by atoms with Crippen LogP contribution in [0.25, 0.3) is 11.6 Å². The number of benzene rings is 1. The molecule has 0 N–H and O–H groups in total. The summed E-state index contributed by atoms with van der Waals surface area (Å²) in [6.07, 6.45) is 1.77. The number of hydrogen-bond acceptors (Lipinski definition) is 6. The summed E-state index contributed by atoms with van der Waals surface area (Å²) in [6, 6.07) is 5.81. The van der Waals surface area contributed by atoms with Crippen LogP contribution in [-0.2, 0) is 0 Å². The van der Waals surface area contributed by atoms with E-state index in [0.717, 1.165) is 11.3 Å². The van der Waals surface area contributed by atoms with E-state index in [2.05, 4.69) is 11.1 Å². The van der Waals surface area contributed by atoms with Crippen LogP contribution in [0.1, 0.15) is 16.3 Å². The molecule has 0 saturated carbocycles. The Hall–Kier alpha value is -2.52. The number of allylic oxidation sites excluding steroid dienone is 1. The van der Waals surface area contributed by atoms with E-state index >= 15 is 0 Å². The van der Waals surface area contributed by atoms with Crippen molar-refractivity contribution < 1.29 is 14.2 Å². The van der Waals surface area contributed by atoms with Crippen molar-refractivity contribution in [1.29, 1.82) is 5.26 Å². The van der Waals surface area contributed by atoms with E-state index in [-0.39, 0.29) is 6.79 Å². The maximum Gasteiger partial charge on any atom is 0.231 e. The first-order valence-electron chi connectivity index (χ1n) is 6.23. The Morgan fingerprint density at radius 3 is 3.00 bits per heavy atom. The third-order valence-corrected chi connectivity index (χ3v) is 3.96. The minimum Gasteiger partial charge on any atom is -0.493 e. The van der Waals surface area contributed by atoms with Gasteiger partial charge in [0.2, 0.25) is 12.5 Å². The lowest BCUT2D eigenvalue weighted by Gasteiger charge is -2.06. The number of aryl methyl sites for hydroxylation is 1. The van der Waals surface area contributed by atoms with Gasteiger partial charge in [0.25, 0.3) is 0 Å². The van der Waals surface area contributed by atoms with Crippen molar-refractivity contribution in [1.82, 2.24) is 4.98 Å². The predicted octanol–water partition coefficient (Wildman–Crippen LogP) is 3.25. The maximum atomic E-state index is 9.33. The molecular weight excluding hydrogens is 288 g/mol. The van der Waals surface area contributed by atoms with Crippen LogP contribution in [-0.4, -0.2) is 18.9 Å². The van der Waals surface area contributed by atoms with Gasteiger partial charge in [-0.3, -0.25) is 0 Å². The molecule has 1 aromatic heterocycles. The number of nitrogens with zero attached hydrogens (tertiary/aromatic N) is 2. The van der Waals surface area contributed by atoms with E-state index < -0.39 is 0 Å². The molecule has 0 radical (unpaired) electrons. The second-order valence-corrected chi connectivity index (χ2v) is 5.28. The fourth-order valence-electron chi connectivity index (χ4n) is 2.02. The van der Waals surface area contributed by atoms with Crippen LogP contribution in [0.3, 0.4) is 0 Å². The third kappa shape index (κ3) is 2.56. The molecule has 0 bridgehead atoms. The summed E-state index contributed by atoms with van der Waals surface area (Å²) in [6.45, 7) is 2.08. The first-order chi connectivity index (χ1) is 10.2. The summed E-state index contributed by atoms with van der Waals surface area (Å²) in [7, 11) is 1.57. The number of methoxy groups -OCH3 is 1. The zero-order valence-corrected chi connectivity index (χ0v) is 12.4. The minimum atomic E-state index is 0.176. The van der Waals surface area contributed by atoms with Gasteiger partial charge in [0.15, 0.2) is 11.5 Å². The molecule has 3 rings (SSSR count). The number of thiazole rings is 1. The minimum absolute atomic E-state index is 0.176. The molecule has 0 amide bonds. The molecule has 1 aromatic carbocycles. The normalized spacial score (nSPS) is 13.1. The second-order valence-electron chi connectivity index (χ2n) is 4.42. The summed E-state index contributed by atoms with van der Waals surface area (Å²) in [4.78, 5) is 4.33. The van der Waals surface area contributed by atoms with Crippen molar-refractivity contribution >= 4 is 23.0 Å². The number of rotatable bonds is 3. The monoisotopic (exact) mass is 300 g/mol. The summed E-state index contributed by atoms with van der Waals surface area (Å²) in [5.74, 6) is 1.80. The Balaban J connectivity index is 2.04. The zero-order chi connectivity index (χ0) is 14.8. The third-order valence-electron chi connectivity index (χ3n) is 2.96. The fourth-order valence-corrected chi connectivity index (χ4v) is 2.78. The van der Waals surface area contributed by atoms with Crippen molar-refractivity contribution in [3.63, 3.8) is 0 Å². The first kappa shape index (κ1) is 13.5. The Bertz CT molecular complexity index is 759. The summed E-state index contributed by atoms with van der Waals surface area (Å²) in [5, 5.41) is 11.9. The number of ether oxygens (including phenoxy) is 3. The Morgan fingerprint density at radius 1 is 1.48 bits per heavy atom. The van der Waals surface area contributed by atoms with Gasteiger partial charge < -0.3 is 14.2 Å². The van der Waals surface area contributed by atoms with Crippen molar-refractivity contribution in [3.8, 4) is 23.3 Å². The summed E-state index contributed by atoms with van der Waals surface area (Å²) >= 11 is 1.45. The molecule has 2 heterocycles. The summed E-state index contributed by atoms with van der Waals surface area (Å²) in [5.41, 5.74) is 2.22. The molecule has 6 heteroatoms. The van der Waals surface area contributed by atoms with Crippen molar-refractivity contribution in [2.24, 2.45) is 0 Å². The van der Waals surface area contributed by atoms with E-state index in [0.29, 0.717) is 27.8 Å². The van der Waals surface area contributed by atoms with Gasteiger partial charge in [0.05, 0.1) is 12.7 Å². The van der Waals surface area contributed by atoms with Gasteiger partial charge in [0, 0.05) is 11.1 Å². The molecule has 2 aromatic rings. The van der Waals surface area contributed by atoms with E-state index in [4.69, 9.17) is 14.2 Å². The molecule has 0 atom stereocenters. The van der Waals surface area contributed by atoms with Gasteiger partial charge in [-0.1, -0.05) is 0 Å². The van der Waals surface area contributed by atoms with Crippen molar-refractivity contribution in [3.05, 3.63) is 33.8 Å². The van der Waals surface area contributed by atoms with Crippen LogP contribution in [0.5, 0.6) is 17.2 Å². The topological polar surface area (TPSA) is 64.4 Å². The van der Waals surface area contributed by atoms with Crippen molar-refractivity contribution in [2.75, 3.05) is 13.9 Å². The Morgan fingerprint density at radius 2 is 2.33 bits per heavy atom. The molecule has 0 fully saturated rings. The molecule has 1 aliphatic heterocycles. The highest BCUT2D eigenvalue weighted by Crippen LogP contribution is 2.42. The highest BCUT2D eigenvalue weighted by molar-refractivity contribution is 7.11. The van der Waals surface area contributed by atoms with E-state index in [1.54, 1.807) is 13.2 Å². The largest absolute Gasteiger partial charge is 0.493 e. The van der Waals surface area contributed by atoms with Crippen LogP contribution in [0.2, 0.25) is 0 Å². The predicted molar refractivity (Wildman–Crippen MR) is 79.5 cm³/mol. The highest BCUT2D eigenvalue weighted by Gasteiger charge is 2.20. The smallest absolute Gasteiger partial charge is 0.231 e. The van der Waals surface area contributed by atoms with Gasteiger partial charge in [-0.2, -0.15) is 5.26 Å². The first-order valence-corrected chi connectivity index (χ1v) is 7.11. The quantitative estimate of drug-likeness (QED) is 0.814. The van der Waals surface area contributed by atoms with Crippen LogP contribution in [0, 0.1) is 18.3 Å². The number of nitriles is 1. The lowest BCUT2D eigenvalue weighted by Crippen LogP contribution is -1.93. The zero-order valence-electron chi connectivity index (χ0n) is 11.5. The number of aromatic nitrogens is 1. The van der Waals surface area contributed by atoms with Crippen LogP contribution in [0.4, 0.5) is 0 Å².